The highest BCUT2D eigenvalue weighted by atomic mass is 19.4. The Labute approximate surface area is 169 Å². The Morgan fingerprint density at radius 2 is 1.93 bits per heavy atom. The second-order valence-corrected chi connectivity index (χ2v) is 7.05. The molecule has 158 valence electrons. The molecule has 0 bridgehead atoms. The highest BCUT2D eigenvalue weighted by Crippen LogP contribution is 2.33. The van der Waals surface area contributed by atoms with Crippen LogP contribution >= 0.6 is 0 Å². The van der Waals surface area contributed by atoms with Crippen LogP contribution in [0.25, 0.3) is 11.4 Å². The number of aromatic nitrogens is 6. The first-order valence-corrected chi connectivity index (χ1v) is 9.29. The molecule has 0 atom stereocenters. The minimum atomic E-state index is -4.46. The lowest BCUT2D eigenvalue weighted by Gasteiger charge is -2.34. The number of aryl methyl sites for hydroxylation is 1. The minimum absolute atomic E-state index is 0.110. The SMILES string of the molecule is Cc1ccn(C(=O)N2CCN(Cc3ccc(C(F)(F)F)cc3-c3nn[nH]n3)CC2)n1. The number of halogens is 3. The Bertz CT molecular complexity index is 1020. The molecule has 3 heterocycles. The number of tetrazole rings is 1. The molecule has 1 saturated heterocycles. The Hall–Kier alpha value is -3.28. The molecule has 1 N–H and O–H groups in total. The van der Waals surface area contributed by atoms with Crippen molar-refractivity contribution in [3.63, 3.8) is 0 Å². The predicted octanol–water partition coefficient (Wildman–Crippen LogP) is 2.18. The zero-order valence-corrected chi connectivity index (χ0v) is 16.1. The van der Waals surface area contributed by atoms with E-state index in [1.54, 1.807) is 17.2 Å². The fourth-order valence-corrected chi connectivity index (χ4v) is 3.38. The number of carbonyl (C=O) groups is 1. The van der Waals surface area contributed by atoms with Gasteiger partial charge in [-0.3, -0.25) is 4.90 Å². The van der Waals surface area contributed by atoms with Gasteiger partial charge < -0.3 is 4.90 Å². The van der Waals surface area contributed by atoms with Crippen molar-refractivity contribution in [3.8, 4) is 11.4 Å². The van der Waals surface area contributed by atoms with Crippen LogP contribution in [0.4, 0.5) is 18.0 Å². The Morgan fingerprint density at radius 3 is 2.53 bits per heavy atom. The van der Waals surface area contributed by atoms with Gasteiger partial charge in [-0.15, -0.1) is 10.2 Å². The molecule has 1 fully saturated rings. The first-order chi connectivity index (χ1) is 14.3. The first-order valence-electron chi connectivity index (χ1n) is 9.29. The van der Waals surface area contributed by atoms with Crippen LogP contribution in [0, 0.1) is 6.92 Å². The lowest BCUT2D eigenvalue weighted by Crippen LogP contribution is -2.49. The van der Waals surface area contributed by atoms with Crippen molar-refractivity contribution in [3.05, 3.63) is 47.3 Å². The summed E-state index contributed by atoms with van der Waals surface area (Å²) in [7, 11) is 0. The number of aromatic amines is 1. The van der Waals surface area contributed by atoms with Crippen LogP contribution < -0.4 is 0 Å². The van der Waals surface area contributed by atoms with Crippen LogP contribution in [0.2, 0.25) is 0 Å². The largest absolute Gasteiger partial charge is 0.416 e. The molecular formula is C18H19F3N8O. The quantitative estimate of drug-likeness (QED) is 0.698. The molecule has 2 aromatic heterocycles. The third-order valence-electron chi connectivity index (χ3n) is 4.98. The molecule has 1 amide bonds. The van der Waals surface area contributed by atoms with E-state index in [1.165, 1.54) is 10.7 Å². The normalized spacial score (nSPS) is 15.5. The molecule has 12 heteroatoms. The molecule has 3 aromatic rings. The number of nitrogens with one attached hydrogen (secondary N) is 1. The van der Waals surface area contributed by atoms with Gasteiger partial charge >= 0.3 is 12.2 Å². The van der Waals surface area contributed by atoms with E-state index < -0.39 is 11.7 Å². The Balaban J connectivity index is 1.47. The maximum atomic E-state index is 13.1. The van der Waals surface area contributed by atoms with Crippen molar-refractivity contribution >= 4 is 6.03 Å². The molecular weight excluding hydrogens is 401 g/mol. The number of hydrogen-bond acceptors (Lipinski definition) is 6. The number of piperazine rings is 1. The summed E-state index contributed by atoms with van der Waals surface area (Å²) in [5, 5.41) is 17.5. The predicted molar refractivity (Wildman–Crippen MR) is 99.2 cm³/mol. The van der Waals surface area contributed by atoms with Crippen molar-refractivity contribution in [1.29, 1.82) is 0 Å². The standard InChI is InChI=1S/C18H19F3N8O/c1-12-4-5-29(24-12)17(30)28-8-6-27(7-9-28)11-13-2-3-14(18(19,20)21)10-15(13)16-22-25-26-23-16/h2-5,10H,6-9,11H2,1H3,(H,22,23,25,26). The van der Waals surface area contributed by atoms with E-state index in [4.69, 9.17) is 0 Å². The average Bonchev–Trinajstić information content (AvgIpc) is 3.39. The van der Waals surface area contributed by atoms with Gasteiger partial charge in [0.2, 0.25) is 5.82 Å². The smallest absolute Gasteiger partial charge is 0.320 e. The summed E-state index contributed by atoms with van der Waals surface area (Å²) in [6.45, 7) is 4.38. The van der Waals surface area contributed by atoms with E-state index in [2.05, 4.69) is 30.6 Å². The van der Waals surface area contributed by atoms with Crippen molar-refractivity contribution in [2.75, 3.05) is 26.2 Å². The highest BCUT2D eigenvalue weighted by molar-refractivity contribution is 5.76. The van der Waals surface area contributed by atoms with E-state index in [9.17, 15) is 18.0 Å². The van der Waals surface area contributed by atoms with Crippen LogP contribution in [0.3, 0.4) is 0 Å². The van der Waals surface area contributed by atoms with Crippen molar-refractivity contribution in [2.45, 2.75) is 19.6 Å². The lowest BCUT2D eigenvalue weighted by molar-refractivity contribution is -0.137. The summed E-state index contributed by atoms with van der Waals surface area (Å²) in [4.78, 5) is 16.3. The number of hydrogen-bond donors (Lipinski definition) is 1. The van der Waals surface area contributed by atoms with Gasteiger partial charge in [-0.2, -0.15) is 28.2 Å². The second-order valence-electron chi connectivity index (χ2n) is 7.05. The molecule has 1 aliphatic heterocycles. The number of carbonyl (C=O) groups excluding carboxylic acids is 1. The van der Waals surface area contributed by atoms with Crippen LogP contribution in [0.15, 0.2) is 30.5 Å². The number of H-pyrrole nitrogens is 1. The molecule has 9 nitrogen and oxygen atoms in total. The zero-order valence-electron chi connectivity index (χ0n) is 16.1. The lowest BCUT2D eigenvalue weighted by atomic mass is 10.0. The Kier molecular flexibility index (Phi) is 5.24. The van der Waals surface area contributed by atoms with Gasteiger partial charge in [-0.25, -0.2) is 4.79 Å². The van der Waals surface area contributed by atoms with Gasteiger partial charge in [-0.05, 0) is 35.9 Å². The number of benzene rings is 1. The van der Waals surface area contributed by atoms with Crippen LogP contribution in [-0.4, -0.2) is 72.4 Å². The molecule has 1 aliphatic rings. The van der Waals surface area contributed by atoms with Gasteiger partial charge in [0.1, 0.15) is 0 Å². The third-order valence-corrected chi connectivity index (χ3v) is 4.98. The fourth-order valence-electron chi connectivity index (χ4n) is 3.38. The van der Waals surface area contributed by atoms with Crippen LogP contribution in [-0.2, 0) is 12.7 Å². The number of nitrogens with zero attached hydrogens (tertiary/aromatic N) is 7. The van der Waals surface area contributed by atoms with E-state index in [0.717, 1.165) is 17.8 Å². The summed E-state index contributed by atoms with van der Waals surface area (Å²) in [6.07, 6.45) is -2.84. The van der Waals surface area contributed by atoms with Gasteiger partial charge in [0.25, 0.3) is 0 Å². The monoisotopic (exact) mass is 420 g/mol. The summed E-state index contributed by atoms with van der Waals surface area (Å²) in [6, 6.07) is 5.11. The maximum absolute atomic E-state index is 13.1. The average molecular weight is 420 g/mol. The number of rotatable bonds is 3. The van der Waals surface area contributed by atoms with Gasteiger partial charge in [0.05, 0.1) is 11.3 Å². The van der Waals surface area contributed by atoms with E-state index in [-0.39, 0.29) is 17.4 Å². The Morgan fingerprint density at radius 1 is 1.17 bits per heavy atom. The summed E-state index contributed by atoms with van der Waals surface area (Å²) < 4.78 is 40.7. The van der Waals surface area contributed by atoms with Crippen LogP contribution in [0.5, 0.6) is 0 Å². The zero-order chi connectivity index (χ0) is 21.3. The topological polar surface area (TPSA) is 95.8 Å². The van der Waals surface area contributed by atoms with Gasteiger partial charge in [0.15, 0.2) is 0 Å². The molecule has 0 unspecified atom stereocenters. The molecule has 0 spiro atoms. The first kappa shape index (κ1) is 20.0. The van der Waals surface area contributed by atoms with E-state index in [1.807, 2.05) is 6.92 Å². The van der Waals surface area contributed by atoms with E-state index in [0.29, 0.717) is 38.3 Å². The van der Waals surface area contributed by atoms with Gasteiger partial charge in [-0.1, -0.05) is 6.07 Å². The minimum Gasteiger partial charge on any atom is -0.320 e. The van der Waals surface area contributed by atoms with Crippen molar-refractivity contribution in [1.82, 2.24) is 40.2 Å². The molecule has 1 aromatic carbocycles. The van der Waals surface area contributed by atoms with Crippen molar-refractivity contribution < 1.29 is 18.0 Å². The number of alkyl halides is 3. The summed E-state index contributed by atoms with van der Waals surface area (Å²) in [5.74, 6) is 0.110. The fraction of sp³-hybridized carbons (Fsp3) is 0.389. The van der Waals surface area contributed by atoms with Gasteiger partial charge in [0, 0.05) is 44.5 Å². The maximum Gasteiger partial charge on any atom is 0.416 e. The van der Waals surface area contributed by atoms with Crippen molar-refractivity contribution in [2.24, 2.45) is 0 Å². The summed E-state index contributed by atoms with van der Waals surface area (Å²) in [5.41, 5.74) is 0.935. The second kappa shape index (κ2) is 7.86. The molecule has 0 saturated carbocycles. The van der Waals surface area contributed by atoms with E-state index >= 15 is 0 Å². The van der Waals surface area contributed by atoms with Crippen LogP contribution in [0.1, 0.15) is 16.8 Å². The summed E-state index contributed by atoms with van der Waals surface area (Å²) >= 11 is 0. The molecule has 0 radical (unpaired) electrons. The number of amides is 1. The molecule has 30 heavy (non-hydrogen) atoms. The highest BCUT2D eigenvalue weighted by Gasteiger charge is 2.32. The third kappa shape index (κ3) is 4.17. The molecule has 4 rings (SSSR count). The molecule has 0 aliphatic carbocycles.